The highest BCUT2D eigenvalue weighted by Gasteiger charge is 2.44. The maximum atomic E-state index is 11.6. The molecule has 0 bridgehead atoms. The van der Waals surface area contributed by atoms with Crippen LogP contribution in [-0.2, 0) is 4.79 Å². The van der Waals surface area contributed by atoms with Crippen molar-refractivity contribution < 1.29 is 4.79 Å². The van der Waals surface area contributed by atoms with Crippen LogP contribution in [0.1, 0.15) is 46.0 Å². The number of rotatable bonds is 1. The number of carbonyl (C=O) groups excluding carboxylic acids is 1. The van der Waals surface area contributed by atoms with E-state index in [1.807, 2.05) is 0 Å². The summed E-state index contributed by atoms with van der Waals surface area (Å²) < 4.78 is 0. The first-order valence-electron chi connectivity index (χ1n) is 5.83. The van der Waals surface area contributed by atoms with Gasteiger partial charge in [-0.25, -0.2) is 5.01 Å². The lowest BCUT2D eigenvalue weighted by molar-refractivity contribution is -0.119. The summed E-state index contributed by atoms with van der Waals surface area (Å²) in [4.78, 5) is 11.6. The van der Waals surface area contributed by atoms with Crippen molar-refractivity contribution in [3.63, 3.8) is 0 Å². The molecule has 0 radical (unpaired) electrons. The molecule has 2 rings (SSSR count). The molecule has 0 aromatic carbocycles. The fraction of sp³-hybridized carbons (Fsp3) is 0.750. The molecular weight excluding hydrogens is 188 g/mol. The first-order chi connectivity index (χ1) is 7.03. The highest BCUT2D eigenvalue weighted by atomic mass is 16.2. The maximum absolute atomic E-state index is 11.6. The number of hydrogen-bond acceptors (Lipinski definition) is 2. The van der Waals surface area contributed by atoms with Crippen LogP contribution in [0.25, 0.3) is 0 Å². The Morgan fingerprint density at radius 3 is 2.40 bits per heavy atom. The van der Waals surface area contributed by atoms with Gasteiger partial charge in [0, 0.05) is 11.6 Å². The smallest absolute Gasteiger partial charge is 0.262 e. The first-order valence-corrected chi connectivity index (χ1v) is 5.83. The van der Waals surface area contributed by atoms with Crippen LogP contribution < -0.4 is 5.43 Å². The second kappa shape index (κ2) is 3.63. The van der Waals surface area contributed by atoms with Crippen molar-refractivity contribution in [2.45, 2.75) is 57.5 Å². The average molecular weight is 208 g/mol. The summed E-state index contributed by atoms with van der Waals surface area (Å²) in [5.74, 6) is -0.00873. The van der Waals surface area contributed by atoms with Gasteiger partial charge in [-0.3, -0.25) is 10.2 Å². The molecule has 0 atom stereocenters. The monoisotopic (exact) mass is 208 g/mol. The molecule has 1 aliphatic heterocycles. The molecular formula is C12H20N2O. The molecule has 1 heterocycles. The van der Waals surface area contributed by atoms with Crippen molar-refractivity contribution in [3.05, 3.63) is 12.2 Å². The summed E-state index contributed by atoms with van der Waals surface area (Å²) in [6.45, 7) is 8.02. The number of carbonyl (C=O) groups is 1. The van der Waals surface area contributed by atoms with Gasteiger partial charge in [0.05, 0.1) is 5.54 Å². The molecule has 1 saturated heterocycles. The Morgan fingerprint density at radius 1 is 1.33 bits per heavy atom. The van der Waals surface area contributed by atoms with Gasteiger partial charge in [0.25, 0.3) is 5.91 Å². The summed E-state index contributed by atoms with van der Waals surface area (Å²) in [6, 6.07) is 0.497. The lowest BCUT2D eigenvalue weighted by Gasteiger charge is -2.38. The number of nitrogens with zero attached hydrogens (tertiary/aromatic N) is 1. The SMILES string of the molecule is C=C1C(=O)NN(C2CCCCC2)C1(C)C. The molecule has 3 nitrogen and oxygen atoms in total. The molecule has 1 N–H and O–H groups in total. The Bertz CT molecular complexity index is 290. The Balaban J connectivity index is 2.15. The van der Waals surface area contributed by atoms with Gasteiger partial charge in [0.15, 0.2) is 0 Å². The molecule has 1 aliphatic carbocycles. The highest BCUT2D eigenvalue weighted by molar-refractivity contribution is 5.96. The molecule has 0 spiro atoms. The van der Waals surface area contributed by atoms with Crippen LogP contribution in [0.2, 0.25) is 0 Å². The summed E-state index contributed by atoms with van der Waals surface area (Å²) >= 11 is 0. The summed E-state index contributed by atoms with van der Waals surface area (Å²) in [7, 11) is 0. The number of amides is 1. The van der Waals surface area contributed by atoms with Gasteiger partial charge in [-0.05, 0) is 26.7 Å². The normalized spacial score (nSPS) is 28.1. The minimum absolute atomic E-state index is 0.00873. The minimum Gasteiger partial charge on any atom is -0.284 e. The first kappa shape index (κ1) is 10.7. The fourth-order valence-electron chi connectivity index (χ4n) is 2.63. The third kappa shape index (κ3) is 1.69. The van der Waals surface area contributed by atoms with Gasteiger partial charge < -0.3 is 0 Å². The fourth-order valence-corrected chi connectivity index (χ4v) is 2.63. The Hall–Kier alpha value is -0.830. The molecule has 0 aromatic heterocycles. The number of hydrogen-bond donors (Lipinski definition) is 1. The van der Waals surface area contributed by atoms with E-state index in [1.165, 1.54) is 32.1 Å². The summed E-state index contributed by atoms with van der Waals surface area (Å²) in [6.07, 6.45) is 6.27. The number of nitrogens with one attached hydrogen (secondary N) is 1. The lowest BCUT2D eigenvalue weighted by Crippen LogP contribution is -2.51. The summed E-state index contributed by atoms with van der Waals surface area (Å²) in [5, 5.41) is 2.12. The van der Waals surface area contributed by atoms with Crippen LogP contribution in [0, 0.1) is 0 Å². The largest absolute Gasteiger partial charge is 0.284 e. The van der Waals surface area contributed by atoms with E-state index in [9.17, 15) is 4.79 Å². The Labute approximate surface area is 91.5 Å². The second-order valence-electron chi connectivity index (χ2n) is 5.14. The molecule has 1 saturated carbocycles. The van der Waals surface area contributed by atoms with Gasteiger partial charge >= 0.3 is 0 Å². The molecule has 84 valence electrons. The van der Waals surface area contributed by atoms with E-state index < -0.39 is 0 Å². The molecule has 3 heteroatoms. The van der Waals surface area contributed by atoms with Crippen LogP contribution in [-0.4, -0.2) is 22.5 Å². The maximum Gasteiger partial charge on any atom is 0.262 e. The van der Waals surface area contributed by atoms with E-state index in [0.29, 0.717) is 11.6 Å². The van der Waals surface area contributed by atoms with E-state index in [4.69, 9.17) is 0 Å². The zero-order chi connectivity index (χ0) is 11.1. The van der Waals surface area contributed by atoms with E-state index in [2.05, 4.69) is 30.9 Å². The molecule has 0 aromatic rings. The third-order valence-corrected chi connectivity index (χ3v) is 3.78. The van der Waals surface area contributed by atoms with Crippen LogP contribution in [0.15, 0.2) is 12.2 Å². The molecule has 15 heavy (non-hydrogen) atoms. The molecule has 1 amide bonds. The predicted molar refractivity (Wildman–Crippen MR) is 60.1 cm³/mol. The predicted octanol–water partition coefficient (Wildman–Crippen LogP) is 2.00. The zero-order valence-corrected chi connectivity index (χ0v) is 9.68. The summed E-state index contributed by atoms with van der Waals surface area (Å²) in [5.41, 5.74) is 3.42. The van der Waals surface area contributed by atoms with Crippen molar-refractivity contribution in [2.24, 2.45) is 0 Å². The standard InChI is InChI=1S/C12H20N2O/c1-9-11(15)13-14(12(9,2)3)10-7-5-4-6-8-10/h10H,1,4-8H2,2-3H3,(H,13,15). The van der Waals surface area contributed by atoms with Gasteiger partial charge in [-0.1, -0.05) is 25.8 Å². The third-order valence-electron chi connectivity index (χ3n) is 3.78. The van der Waals surface area contributed by atoms with E-state index in [-0.39, 0.29) is 11.4 Å². The van der Waals surface area contributed by atoms with Gasteiger partial charge in [0.2, 0.25) is 0 Å². The van der Waals surface area contributed by atoms with Crippen molar-refractivity contribution in [3.8, 4) is 0 Å². The molecule has 0 unspecified atom stereocenters. The van der Waals surface area contributed by atoms with E-state index >= 15 is 0 Å². The van der Waals surface area contributed by atoms with E-state index in [0.717, 1.165) is 0 Å². The van der Waals surface area contributed by atoms with Crippen LogP contribution >= 0.6 is 0 Å². The average Bonchev–Trinajstić information content (AvgIpc) is 2.43. The lowest BCUT2D eigenvalue weighted by atomic mass is 9.90. The van der Waals surface area contributed by atoms with Crippen LogP contribution in [0.5, 0.6) is 0 Å². The van der Waals surface area contributed by atoms with Gasteiger partial charge in [0.1, 0.15) is 0 Å². The van der Waals surface area contributed by atoms with Crippen molar-refractivity contribution in [1.29, 1.82) is 0 Å². The zero-order valence-electron chi connectivity index (χ0n) is 9.68. The van der Waals surface area contributed by atoms with Crippen LogP contribution in [0.3, 0.4) is 0 Å². The molecule has 2 fully saturated rings. The Kier molecular flexibility index (Phi) is 2.59. The van der Waals surface area contributed by atoms with Crippen LogP contribution in [0.4, 0.5) is 0 Å². The van der Waals surface area contributed by atoms with Crippen molar-refractivity contribution >= 4 is 5.91 Å². The topological polar surface area (TPSA) is 32.3 Å². The van der Waals surface area contributed by atoms with Crippen molar-refractivity contribution in [1.82, 2.24) is 10.4 Å². The quantitative estimate of drug-likeness (QED) is 0.668. The second-order valence-corrected chi connectivity index (χ2v) is 5.14. The number of hydrazine groups is 1. The van der Waals surface area contributed by atoms with Gasteiger partial charge in [-0.2, -0.15) is 0 Å². The minimum atomic E-state index is -0.223. The highest BCUT2D eigenvalue weighted by Crippen LogP contribution is 2.33. The molecule has 2 aliphatic rings. The Morgan fingerprint density at radius 2 is 1.93 bits per heavy atom. The van der Waals surface area contributed by atoms with Crippen molar-refractivity contribution in [2.75, 3.05) is 0 Å². The van der Waals surface area contributed by atoms with E-state index in [1.54, 1.807) is 0 Å². The van der Waals surface area contributed by atoms with Gasteiger partial charge in [-0.15, -0.1) is 0 Å².